The Labute approximate surface area is 490 Å². The van der Waals surface area contributed by atoms with E-state index in [1.54, 1.807) is 84.9 Å². The molecule has 0 saturated heterocycles. The van der Waals surface area contributed by atoms with Crippen molar-refractivity contribution in [3.8, 4) is 34.5 Å². The standard InChI is InChI=1S/C69H82N2O12/c1-3-5-11-45-76-61-35-39-63(40-36-61)82-65(72)43-25-53-21-31-59(32-22-53)78-47-13-7-9-15-49-80-67(74)69(51-55-17-27-57(70)28-18-55,52-56-19-29-58(71)30-20-56)68(75)81-50-16-10-8-14-48-79-60-33-23-54(24-34-60)26-44-66(73)83-64-41-37-62(38-42-64)77-46-12-6-4-2/h17-44H,3-16,45-52,70-71H2,1-2H3/b43-25+,44-26+. The Hall–Kier alpha value is -8.52. The van der Waals surface area contributed by atoms with E-state index in [2.05, 4.69) is 13.8 Å². The Morgan fingerprint density at radius 2 is 0.651 bits per heavy atom. The molecule has 0 heterocycles. The number of rotatable bonds is 38. The van der Waals surface area contributed by atoms with Crippen molar-refractivity contribution in [1.82, 2.24) is 0 Å². The van der Waals surface area contributed by atoms with Crippen LogP contribution in [-0.2, 0) is 41.5 Å². The van der Waals surface area contributed by atoms with Gasteiger partial charge in [-0.05, 0) is 209 Å². The Morgan fingerprint density at radius 1 is 0.361 bits per heavy atom. The number of nitrogen functional groups attached to an aromatic ring is 2. The van der Waals surface area contributed by atoms with Crippen LogP contribution in [0.15, 0.2) is 158 Å². The highest BCUT2D eigenvalue weighted by molar-refractivity contribution is 6.01. The lowest BCUT2D eigenvalue weighted by Crippen LogP contribution is -2.46. The maximum absolute atomic E-state index is 14.4. The smallest absolute Gasteiger partial charge is 0.336 e. The molecule has 440 valence electrons. The van der Waals surface area contributed by atoms with Crippen LogP contribution >= 0.6 is 0 Å². The average molecular weight is 1130 g/mol. The summed E-state index contributed by atoms with van der Waals surface area (Å²) in [6.07, 6.45) is 18.8. The predicted molar refractivity (Wildman–Crippen MR) is 327 cm³/mol. The van der Waals surface area contributed by atoms with Gasteiger partial charge in [-0.1, -0.05) is 88.1 Å². The van der Waals surface area contributed by atoms with Crippen molar-refractivity contribution >= 4 is 47.4 Å². The van der Waals surface area contributed by atoms with Crippen LogP contribution in [0.3, 0.4) is 0 Å². The molecular formula is C69H82N2O12. The topological polar surface area (TPSA) is 194 Å². The van der Waals surface area contributed by atoms with Gasteiger partial charge in [0, 0.05) is 23.5 Å². The minimum Gasteiger partial charge on any atom is -0.494 e. The van der Waals surface area contributed by atoms with Gasteiger partial charge in [-0.3, -0.25) is 9.59 Å². The summed E-state index contributed by atoms with van der Waals surface area (Å²) in [4.78, 5) is 53.7. The molecule has 0 aliphatic heterocycles. The summed E-state index contributed by atoms with van der Waals surface area (Å²) in [5, 5.41) is 0. The summed E-state index contributed by atoms with van der Waals surface area (Å²) < 4.78 is 46.2. The Morgan fingerprint density at radius 3 is 0.976 bits per heavy atom. The van der Waals surface area contributed by atoms with Crippen molar-refractivity contribution < 1.29 is 57.1 Å². The van der Waals surface area contributed by atoms with Gasteiger partial charge in [0.05, 0.1) is 39.6 Å². The number of hydrogen-bond donors (Lipinski definition) is 2. The van der Waals surface area contributed by atoms with Gasteiger partial charge in [-0.25, -0.2) is 9.59 Å². The van der Waals surface area contributed by atoms with E-state index in [1.165, 1.54) is 12.2 Å². The third-order valence-electron chi connectivity index (χ3n) is 13.5. The van der Waals surface area contributed by atoms with Crippen molar-refractivity contribution in [3.63, 3.8) is 0 Å². The number of unbranched alkanes of at least 4 members (excludes halogenated alkanes) is 10. The fourth-order valence-corrected chi connectivity index (χ4v) is 8.78. The molecule has 0 radical (unpaired) electrons. The highest BCUT2D eigenvalue weighted by atomic mass is 16.6. The number of hydrogen-bond acceptors (Lipinski definition) is 14. The van der Waals surface area contributed by atoms with E-state index in [0.29, 0.717) is 73.6 Å². The van der Waals surface area contributed by atoms with Gasteiger partial charge in [0.1, 0.15) is 34.5 Å². The summed E-state index contributed by atoms with van der Waals surface area (Å²) >= 11 is 0. The third kappa shape index (κ3) is 23.8. The first-order valence-corrected chi connectivity index (χ1v) is 29.2. The summed E-state index contributed by atoms with van der Waals surface area (Å²) in [7, 11) is 0. The van der Waals surface area contributed by atoms with E-state index < -0.39 is 29.3 Å². The lowest BCUT2D eigenvalue weighted by molar-refractivity contribution is -0.173. The Balaban J connectivity index is 0.901. The molecule has 0 aromatic heterocycles. The molecule has 4 N–H and O–H groups in total. The number of anilines is 2. The van der Waals surface area contributed by atoms with E-state index in [9.17, 15) is 19.2 Å². The summed E-state index contributed by atoms with van der Waals surface area (Å²) in [5.74, 6) is 1.53. The van der Waals surface area contributed by atoms with Gasteiger partial charge in [0.2, 0.25) is 0 Å². The quantitative estimate of drug-likeness (QED) is 0.00928. The fraction of sp³-hybridized carbons (Fsp3) is 0.362. The normalized spacial score (nSPS) is 11.3. The Bertz CT molecular complexity index is 2700. The molecule has 6 aromatic carbocycles. The van der Waals surface area contributed by atoms with E-state index in [-0.39, 0.29) is 26.1 Å². The molecule has 14 heteroatoms. The van der Waals surface area contributed by atoms with Gasteiger partial charge in [0.15, 0.2) is 5.41 Å². The number of benzene rings is 6. The van der Waals surface area contributed by atoms with Crippen molar-refractivity contribution in [2.45, 2.75) is 117 Å². The van der Waals surface area contributed by atoms with Crippen molar-refractivity contribution in [2.75, 3.05) is 51.1 Å². The first-order chi connectivity index (χ1) is 40.5. The highest BCUT2D eigenvalue weighted by Crippen LogP contribution is 2.33. The number of esters is 4. The third-order valence-corrected chi connectivity index (χ3v) is 13.5. The minimum atomic E-state index is -1.68. The SMILES string of the molecule is CCCCCOc1ccc(OC(=O)/C=C/c2ccc(OCCCCCCOC(=O)C(Cc3ccc(N)cc3)(Cc3ccc(N)cc3)C(=O)OCCCCCCOc3ccc(/C=C/C(=O)Oc4ccc(OCCCCC)cc4)cc3)cc2)cc1. The van der Waals surface area contributed by atoms with E-state index in [4.69, 9.17) is 49.4 Å². The molecule has 0 fully saturated rings. The second kappa shape index (κ2) is 36.0. The zero-order valence-corrected chi connectivity index (χ0v) is 48.3. The molecule has 0 aliphatic carbocycles. The van der Waals surface area contributed by atoms with E-state index in [0.717, 1.165) is 111 Å². The first kappa shape index (κ1) is 63.7. The molecule has 0 saturated carbocycles. The molecule has 0 amide bonds. The maximum Gasteiger partial charge on any atom is 0.336 e. The van der Waals surface area contributed by atoms with Crippen molar-refractivity contribution in [3.05, 3.63) is 180 Å². The lowest BCUT2D eigenvalue weighted by atomic mass is 9.76. The zero-order valence-electron chi connectivity index (χ0n) is 48.3. The molecule has 0 spiro atoms. The van der Waals surface area contributed by atoms with Crippen LogP contribution in [0.25, 0.3) is 12.2 Å². The molecule has 14 nitrogen and oxygen atoms in total. The molecule has 0 unspecified atom stereocenters. The van der Waals surface area contributed by atoms with Crippen LogP contribution < -0.4 is 39.9 Å². The summed E-state index contributed by atoms with van der Waals surface area (Å²) in [6.45, 7) is 6.88. The Kier molecular flexibility index (Phi) is 27.6. The van der Waals surface area contributed by atoms with Crippen LogP contribution in [0.5, 0.6) is 34.5 Å². The number of carbonyl (C=O) groups excluding carboxylic acids is 4. The highest BCUT2D eigenvalue weighted by Gasteiger charge is 2.49. The number of ether oxygens (including phenoxy) is 8. The summed E-state index contributed by atoms with van der Waals surface area (Å²) in [6, 6.07) is 43.2. The maximum atomic E-state index is 14.4. The van der Waals surface area contributed by atoms with Crippen molar-refractivity contribution in [1.29, 1.82) is 0 Å². The molecule has 0 bridgehead atoms. The van der Waals surface area contributed by atoms with Crippen LogP contribution in [0.1, 0.15) is 126 Å². The second-order valence-corrected chi connectivity index (χ2v) is 20.4. The lowest BCUT2D eigenvalue weighted by Gasteiger charge is -2.30. The van der Waals surface area contributed by atoms with Crippen LogP contribution in [0.4, 0.5) is 11.4 Å². The molecule has 83 heavy (non-hydrogen) atoms. The van der Waals surface area contributed by atoms with Gasteiger partial charge in [-0.15, -0.1) is 0 Å². The number of carbonyl (C=O) groups is 4. The van der Waals surface area contributed by atoms with Crippen LogP contribution in [0, 0.1) is 5.41 Å². The molecule has 0 aliphatic rings. The minimum absolute atomic E-state index is 0.0488. The zero-order chi connectivity index (χ0) is 58.7. The largest absolute Gasteiger partial charge is 0.494 e. The summed E-state index contributed by atoms with van der Waals surface area (Å²) in [5.41, 5.74) is 14.6. The fourth-order valence-electron chi connectivity index (χ4n) is 8.78. The molecule has 6 aromatic rings. The van der Waals surface area contributed by atoms with Gasteiger partial charge in [-0.2, -0.15) is 0 Å². The van der Waals surface area contributed by atoms with Crippen LogP contribution in [-0.4, -0.2) is 63.5 Å². The van der Waals surface area contributed by atoms with E-state index in [1.807, 2.05) is 72.8 Å². The number of nitrogens with two attached hydrogens (primary N) is 2. The van der Waals surface area contributed by atoms with Gasteiger partial charge in [0.25, 0.3) is 0 Å². The first-order valence-electron chi connectivity index (χ1n) is 29.2. The second-order valence-electron chi connectivity index (χ2n) is 20.4. The molecule has 6 rings (SSSR count). The van der Waals surface area contributed by atoms with Crippen LogP contribution in [0.2, 0.25) is 0 Å². The molecular weight excluding hydrogens is 1050 g/mol. The predicted octanol–water partition coefficient (Wildman–Crippen LogP) is 14.4. The van der Waals surface area contributed by atoms with E-state index >= 15 is 0 Å². The monoisotopic (exact) mass is 1130 g/mol. The van der Waals surface area contributed by atoms with Crippen molar-refractivity contribution in [2.24, 2.45) is 5.41 Å². The van der Waals surface area contributed by atoms with Gasteiger partial charge >= 0.3 is 23.9 Å². The average Bonchev–Trinajstić information content (AvgIpc) is 3.70. The van der Waals surface area contributed by atoms with Gasteiger partial charge < -0.3 is 49.4 Å². The molecule has 0 atom stereocenters.